The summed E-state index contributed by atoms with van der Waals surface area (Å²) in [4.78, 5) is 14.2. The van der Waals surface area contributed by atoms with Gasteiger partial charge in [0.25, 0.3) is 5.91 Å². The van der Waals surface area contributed by atoms with Crippen LogP contribution in [-0.4, -0.2) is 34.8 Å². The van der Waals surface area contributed by atoms with E-state index in [0.717, 1.165) is 39.4 Å². The van der Waals surface area contributed by atoms with Crippen LogP contribution in [-0.2, 0) is 0 Å². The highest BCUT2D eigenvalue weighted by Crippen LogP contribution is 2.30. The molecule has 4 rings (SSSR count). The van der Waals surface area contributed by atoms with Gasteiger partial charge in [-0.15, -0.1) is 11.3 Å². The fraction of sp³-hybridized carbons (Fsp3) is 0.333. The summed E-state index contributed by atoms with van der Waals surface area (Å²) in [5.41, 5.74) is 1.96. The molecule has 1 atom stereocenters. The van der Waals surface area contributed by atoms with Gasteiger partial charge in [-0.2, -0.15) is 5.10 Å². The van der Waals surface area contributed by atoms with Crippen molar-refractivity contribution in [2.45, 2.75) is 25.8 Å². The Morgan fingerprint density at radius 1 is 1.42 bits per heavy atom. The van der Waals surface area contributed by atoms with Crippen LogP contribution in [0.25, 0.3) is 15.9 Å². The van der Waals surface area contributed by atoms with Gasteiger partial charge in [0.2, 0.25) is 0 Å². The van der Waals surface area contributed by atoms with E-state index in [1.165, 1.54) is 17.8 Å². The highest BCUT2D eigenvalue weighted by molar-refractivity contribution is 7.20. The van der Waals surface area contributed by atoms with Crippen LogP contribution in [0.1, 0.15) is 28.2 Å². The van der Waals surface area contributed by atoms with Crippen LogP contribution in [0.3, 0.4) is 0 Å². The summed E-state index contributed by atoms with van der Waals surface area (Å²) in [6, 6.07) is 12.4. The highest BCUT2D eigenvalue weighted by Gasteiger charge is 2.19. The molecule has 5 nitrogen and oxygen atoms in total. The van der Waals surface area contributed by atoms with Crippen molar-refractivity contribution >= 4 is 27.5 Å². The van der Waals surface area contributed by atoms with Gasteiger partial charge in [-0.1, -0.05) is 18.2 Å². The largest absolute Gasteiger partial charge is 0.350 e. The number of carbonyl (C=O) groups excluding carboxylic acids is 1. The SMILES string of the molecule is Cc1nn(-c2ccccc2)c2sc(C(=O)NCC3CCCN3)cc12. The Morgan fingerprint density at radius 3 is 3.00 bits per heavy atom. The molecule has 6 heteroatoms. The smallest absolute Gasteiger partial charge is 0.261 e. The van der Waals surface area contributed by atoms with Gasteiger partial charge in [0.05, 0.1) is 16.3 Å². The predicted octanol–water partition coefficient (Wildman–Crippen LogP) is 2.88. The number of rotatable bonds is 4. The first kappa shape index (κ1) is 15.4. The third-order valence-corrected chi connectivity index (χ3v) is 5.55. The van der Waals surface area contributed by atoms with Crippen molar-refractivity contribution in [2.24, 2.45) is 0 Å². The zero-order valence-corrected chi connectivity index (χ0v) is 14.4. The standard InChI is InChI=1S/C18H20N4OS/c1-12-15-10-16(17(23)20-11-13-6-5-9-19-13)24-18(15)22(21-12)14-7-3-2-4-8-14/h2-4,7-8,10,13,19H,5-6,9,11H2,1H3,(H,20,23). The van der Waals surface area contributed by atoms with Crippen molar-refractivity contribution in [3.8, 4) is 5.69 Å². The minimum atomic E-state index is 0.00362. The molecule has 0 radical (unpaired) electrons. The van der Waals surface area contributed by atoms with E-state index in [-0.39, 0.29) is 5.91 Å². The molecule has 1 aromatic carbocycles. The number of nitrogens with zero attached hydrogens (tertiary/aromatic N) is 2. The van der Waals surface area contributed by atoms with Gasteiger partial charge in [0.15, 0.2) is 0 Å². The summed E-state index contributed by atoms with van der Waals surface area (Å²) in [5.74, 6) is 0.00362. The van der Waals surface area contributed by atoms with Crippen molar-refractivity contribution in [1.29, 1.82) is 0 Å². The minimum absolute atomic E-state index is 0.00362. The maximum atomic E-state index is 12.5. The fourth-order valence-electron chi connectivity index (χ4n) is 3.14. The lowest BCUT2D eigenvalue weighted by Gasteiger charge is -2.10. The predicted molar refractivity (Wildman–Crippen MR) is 97.0 cm³/mol. The molecular weight excluding hydrogens is 320 g/mol. The Labute approximate surface area is 144 Å². The minimum Gasteiger partial charge on any atom is -0.350 e. The summed E-state index contributed by atoms with van der Waals surface area (Å²) in [5, 5.41) is 12.1. The average molecular weight is 340 g/mol. The van der Waals surface area contributed by atoms with E-state index in [2.05, 4.69) is 15.7 Å². The van der Waals surface area contributed by atoms with Crippen LogP contribution >= 0.6 is 11.3 Å². The first-order valence-corrected chi connectivity index (χ1v) is 9.10. The molecule has 1 amide bonds. The number of carbonyl (C=O) groups is 1. The number of hydrogen-bond donors (Lipinski definition) is 2. The third kappa shape index (κ3) is 2.83. The second-order valence-electron chi connectivity index (χ2n) is 6.17. The van der Waals surface area contributed by atoms with E-state index in [4.69, 9.17) is 0 Å². The van der Waals surface area contributed by atoms with Crippen LogP contribution in [0, 0.1) is 6.92 Å². The normalized spacial score (nSPS) is 17.5. The first-order chi connectivity index (χ1) is 11.7. The second kappa shape index (κ2) is 6.37. The Morgan fingerprint density at radius 2 is 2.25 bits per heavy atom. The topological polar surface area (TPSA) is 59.0 Å². The molecule has 2 aromatic heterocycles. The molecule has 1 aliphatic rings. The summed E-state index contributed by atoms with van der Waals surface area (Å²) >= 11 is 1.50. The molecule has 0 saturated carbocycles. The number of hydrogen-bond acceptors (Lipinski definition) is 4. The van der Waals surface area contributed by atoms with Crippen LogP contribution < -0.4 is 10.6 Å². The van der Waals surface area contributed by atoms with Crippen molar-refractivity contribution < 1.29 is 4.79 Å². The summed E-state index contributed by atoms with van der Waals surface area (Å²) in [6.07, 6.45) is 2.32. The van der Waals surface area contributed by atoms with Crippen LogP contribution in [0.4, 0.5) is 0 Å². The van der Waals surface area contributed by atoms with E-state index in [1.54, 1.807) is 0 Å². The molecule has 1 unspecified atom stereocenters. The molecule has 1 saturated heterocycles. The average Bonchev–Trinajstić information content (AvgIpc) is 3.32. The van der Waals surface area contributed by atoms with Crippen LogP contribution in [0.2, 0.25) is 0 Å². The number of aryl methyl sites for hydroxylation is 1. The Balaban J connectivity index is 1.60. The molecule has 2 N–H and O–H groups in total. The third-order valence-electron chi connectivity index (χ3n) is 4.44. The molecule has 3 heterocycles. The van der Waals surface area contributed by atoms with E-state index in [1.807, 2.05) is 48.0 Å². The van der Waals surface area contributed by atoms with Crippen LogP contribution in [0.5, 0.6) is 0 Å². The van der Waals surface area contributed by atoms with Crippen molar-refractivity contribution in [2.75, 3.05) is 13.1 Å². The Hall–Kier alpha value is -2.18. The van der Waals surface area contributed by atoms with E-state index < -0.39 is 0 Å². The number of nitrogens with one attached hydrogen (secondary N) is 2. The molecule has 24 heavy (non-hydrogen) atoms. The monoisotopic (exact) mass is 340 g/mol. The second-order valence-corrected chi connectivity index (χ2v) is 7.20. The molecular formula is C18H20N4OS. The highest BCUT2D eigenvalue weighted by atomic mass is 32.1. The van der Waals surface area contributed by atoms with Gasteiger partial charge < -0.3 is 10.6 Å². The maximum Gasteiger partial charge on any atom is 0.261 e. The quantitative estimate of drug-likeness (QED) is 0.768. The number of benzene rings is 1. The lowest BCUT2D eigenvalue weighted by molar-refractivity contribution is 0.0954. The number of aromatic nitrogens is 2. The number of amides is 1. The lowest BCUT2D eigenvalue weighted by atomic mass is 10.2. The summed E-state index contributed by atoms with van der Waals surface area (Å²) in [6.45, 7) is 3.73. The summed E-state index contributed by atoms with van der Waals surface area (Å²) in [7, 11) is 0. The molecule has 1 aliphatic heterocycles. The Bertz CT molecular complexity index is 862. The summed E-state index contributed by atoms with van der Waals surface area (Å²) < 4.78 is 1.92. The van der Waals surface area contributed by atoms with Crippen molar-refractivity contribution in [3.63, 3.8) is 0 Å². The van der Waals surface area contributed by atoms with Gasteiger partial charge in [-0.3, -0.25) is 4.79 Å². The van der Waals surface area contributed by atoms with Gasteiger partial charge in [0, 0.05) is 18.0 Å². The van der Waals surface area contributed by atoms with E-state index in [9.17, 15) is 4.79 Å². The van der Waals surface area contributed by atoms with Gasteiger partial charge in [-0.25, -0.2) is 4.68 Å². The van der Waals surface area contributed by atoms with Gasteiger partial charge >= 0.3 is 0 Å². The number of para-hydroxylation sites is 1. The first-order valence-electron chi connectivity index (χ1n) is 8.28. The lowest BCUT2D eigenvalue weighted by Crippen LogP contribution is -2.36. The molecule has 0 spiro atoms. The van der Waals surface area contributed by atoms with Crippen LogP contribution in [0.15, 0.2) is 36.4 Å². The maximum absolute atomic E-state index is 12.5. The zero-order chi connectivity index (χ0) is 16.5. The molecule has 3 aromatic rings. The number of thiophene rings is 1. The van der Waals surface area contributed by atoms with Crippen molar-refractivity contribution in [3.05, 3.63) is 47.0 Å². The number of fused-ring (bicyclic) bond motifs is 1. The van der Waals surface area contributed by atoms with E-state index >= 15 is 0 Å². The van der Waals surface area contributed by atoms with Gasteiger partial charge in [-0.05, 0) is 44.5 Å². The molecule has 0 bridgehead atoms. The molecule has 0 aliphatic carbocycles. The van der Waals surface area contributed by atoms with Crippen molar-refractivity contribution in [1.82, 2.24) is 20.4 Å². The Kier molecular flexibility index (Phi) is 4.08. The molecule has 124 valence electrons. The van der Waals surface area contributed by atoms with Gasteiger partial charge in [0.1, 0.15) is 4.83 Å². The zero-order valence-electron chi connectivity index (χ0n) is 13.6. The fourth-order valence-corrected chi connectivity index (χ4v) is 4.24. The molecule has 1 fully saturated rings. The van der Waals surface area contributed by atoms with E-state index in [0.29, 0.717) is 12.6 Å².